The van der Waals surface area contributed by atoms with Gasteiger partial charge < -0.3 is 5.32 Å². The Hall–Kier alpha value is -1.19. The molecule has 0 aliphatic carbocycles. The van der Waals surface area contributed by atoms with E-state index in [4.69, 9.17) is 0 Å². The zero-order chi connectivity index (χ0) is 14.4. The van der Waals surface area contributed by atoms with Crippen LogP contribution in [0, 0.1) is 5.82 Å². The van der Waals surface area contributed by atoms with Crippen LogP contribution in [0.5, 0.6) is 0 Å². The third-order valence-corrected chi connectivity index (χ3v) is 4.45. The molecule has 20 heavy (non-hydrogen) atoms. The van der Waals surface area contributed by atoms with Gasteiger partial charge in [0.05, 0.1) is 0 Å². The fraction of sp³-hybridized carbons (Fsp3) is 0.412. The fourth-order valence-electron chi connectivity index (χ4n) is 2.36. The lowest BCUT2D eigenvalue weighted by molar-refractivity contribution is 0.462. The second-order valence-electron chi connectivity index (χ2n) is 5.07. The normalized spacial score (nSPS) is 12.6. The summed E-state index contributed by atoms with van der Waals surface area (Å²) in [4.78, 5) is 0.991. The van der Waals surface area contributed by atoms with Gasteiger partial charge in [0.15, 0.2) is 0 Å². The van der Waals surface area contributed by atoms with E-state index in [0.717, 1.165) is 23.4 Å². The van der Waals surface area contributed by atoms with Gasteiger partial charge in [0.25, 0.3) is 0 Å². The molecule has 1 unspecified atom stereocenters. The topological polar surface area (TPSA) is 12.0 Å². The summed E-state index contributed by atoms with van der Waals surface area (Å²) in [7, 11) is 0. The molecule has 2 aromatic rings. The largest absolute Gasteiger partial charge is 0.310 e. The first-order valence-electron chi connectivity index (χ1n) is 7.30. The van der Waals surface area contributed by atoms with Crippen LogP contribution in [0.4, 0.5) is 4.39 Å². The standard InChI is InChI=1S/C17H22FNS/c1-3-6-14(4-2)19-12-13-8-9-16(18)15(11-13)17-7-5-10-20-17/h5,7-11,14,19H,3-4,6,12H2,1-2H3. The van der Waals surface area contributed by atoms with Crippen LogP contribution in [0.3, 0.4) is 0 Å². The van der Waals surface area contributed by atoms with Gasteiger partial charge in [-0.05, 0) is 42.0 Å². The maximum absolute atomic E-state index is 13.9. The summed E-state index contributed by atoms with van der Waals surface area (Å²) in [6.45, 7) is 5.21. The monoisotopic (exact) mass is 291 g/mol. The van der Waals surface area contributed by atoms with Crippen LogP contribution >= 0.6 is 11.3 Å². The number of nitrogens with one attached hydrogen (secondary N) is 1. The second kappa shape index (κ2) is 7.55. The van der Waals surface area contributed by atoms with Crippen LogP contribution in [0.2, 0.25) is 0 Å². The van der Waals surface area contributed by atoms with Crippen molar-refractivity contribution in [1.82, 2.24) is 5.32 Å². The number of thiophene rings is 1. The minimum Gasteiger partial charge on any atom is -0.310 e. The Balaban J connectivity index is 2.08. The van der Waals surface area contributed by atoms with Gasteiger partial charge in [-0.25, -0.2) is 4.39 Å². The molecule has 1 aromatic heterocycles. The molecule has 0 amide bonds. The summed E-state index contributed by atoms with van der Waals surface area (Å²) >= 11 is 1.58. The Labute approximate surface area is 124 Å². The van der Waals surface area contributed by atoms with Gasteiger partial charge in [0.1, 0.15) is 5.82 Å². The highest BCUT2D eigenvalue weighted by Crippen LogP contribution is 2.28. The lowest BCUT2D eigenvalue weighted by Gasteiger charge is -2.16. The van der Waals surface area contributed by atoms with Crippen molar-refractivity contribution in [1.29, 1.82) is 0 Å². The zero-order valence-electron chi connectivity index (χ0n) is 12.2. The highest BCUT2D eigenvalue weighted by atomic mass is 32.1. The Morgan fingerprint density at radius 3 is 2.75 bits per heavy atom. The van der Waals surface area contributed by atoms with Crippen molar-refractivity contribution in [3.05, 3.63) is 47.1 Å². The van der Waals surface area contributed by atoms with Crippen molar-refractivity contribution in [3.63, 3.8) is 0 Å². The molecular weight excluding hydrogens is 269 g/mol. The summed E-state index contributed by atoms with van der Waals surface area (Å²) in [5.74, 6) is -0.142. The van der Waals surface area contributed by atoms with Crippen LogP contribution < -0.4 is 5.32 Å². The predicted molar refractivity (Wildman–Crippen MR) is 85.5 cm³/mol. The minimum atomic E-state index is -0.142. The molecule has 1 aromatic carbocycles. The molecule has 108 valence electrons. The minimum absolute atomic E-state index is 0.142. The molecule has 0 radical (unpaired) electrons. The highest BCUT2D eigenvalue weighted by Gasteiger charge is 2.09. The van der Waals surface area contributed by atoms with Crippen molar-refractivity contribution in [2.45, 2.75) is 45.7 Å². The zero-order valence-corrected chi connectivity index (χ0v) is 13.0. The number of hydrogen-bond acceptors (Lipinski definition) is 2. The van der Waals surface area contributed by atoms with Gasteiger partial charge in [-0.15, -0.1) is 11.3 Å². The number of halogens is 1. The van der Waals surface area contributed by atoms with Gasteiger partial charge >= 0.3 is 0 Å². The molecule has 1 heterocycles. The van der Waals surface area contributed by atoms with E-state index < -0.39 is 0 Å². The molecule has 1 nitrogen and oxygen atoms in total. The number of benzene rings is 1. The van der Waals surface area contributed by atoms with Crippen molar-refractivity contribution in [3.8, 4) is 10.4 Å². The van der Waals surface area contributed by atoms with Crippen LogP contribution in [0.15, 0.2) is 35.7 Å². The first kappa shape index (κ1) is 15.2. The lowest BCUT2D eigenvalue weighted by Crippen LogP contribution is -2.27. The van der Waals surface area contributed by atoms with Crippen molar-refractivity contribution >= 4 is 11.3 Å². The van der Waals surface area contributed by atoms with Crippen molar-refractivity contribution < 1.29 is 4.39 Å². The van der Waals surface area contributed by atoms with Gasteiger partial charge in [0.2, 0.25) is 0 Å². The first-order chi connectivity index (χ1) is 9.74. The maximum Gasteiger partial charge on any atom is 0.131 e. The van der Waals surface area contributed by atoms with E-state index in [-0.39, 0.29) is 5.82 Å². The number of rotatable bonds is 7. The fourth-order valence-corrected chi connectivity index (χ4v) is 3.11. The van der Waals surface area contributed by atoms with Crippen LogP contribution in [0.1, 0.15) is 38.7 Å². The van der Waals surface area contributed by atoms with Crippen molar-refractivity contribution in [2.75, 3.05) is 0 Å². The average molecular weight is 291 g/mol. The average Bonchev–Trinajstić information content (AvgIpc) is 2.99. The van der Waals surface area contributed by atoms with Gasteiger partial charge in [-0.3, -0.25) is 0 Å². The smallest absolute Gasteiger partial charge is 0.131 e. The Bertz CT molecular complexity index is 522. The van der Waals surface area contributed by atoms with Crippen molar-refractivity contribution in [2.24, 2.45) is 0 Å². The van der Waals surface area contributed by atoms with Crippen LogP contribution in [0.25, 0.3) is 10.4 Å². The predicted octanol–water partition coefficient (Wildman–Crippen LogP) is 5.22. The van der Waals surface area contributed by atoms with Crippen LogP contribution in [-0.4, -0.2) is 6.04 Å². The molecule has 0 saturated heterocycles. The molecule has 1 N–H and O–H groups in total. The third kappa shape index (κ3) is 3.90. The SMILES string of the molecule is CCCC(CC)NCc1ccc(F)c(-c2cccs2)c1. The number of hydrogen-bond donors (Lipinski definition) is 1. The molecule has 1 atom stereocenters. The molecule has 0 aliphatic heterocycles. The molecular formula is C17H22FNS. The van der Waals surface area contributed by atoms with Gasteiger partial charge in [-0.1, -0.05) is 32.4 Å². The summed E-state index contributed by atoms with van der Waals surface area (Å²) < 4.78 is 13.9. The summed E-state index contributed by atoms with van der Waals surface area (Å²) in [6.07, 6.45) is 3.51. The third-order valence-electron chi connectivity index (χ3n) is 3.54. The van der Waals surface area contributed by atoms with Gasteiger partial charge in [-0.2, -0.15) is 0 Å². The Morgan fingerprint density at radius 2 is 2.10 bits per heavy atom. The molecule has 0 saturated carbocycles. The maximum atomic E-state index is 13.9. The van der Waals surface area contributed by atoms with Gasteiger partial charge in [0, 0.05) is 23.0 Å². The van der Waals surface area contributed by atoms with E-state index in [1.165, 1.54) is 12.8 Å². The summed E-state index contributed by atoms with van der Waals surface area (Å²) in [5.41, 5.74) is 1.85. The Morgan fingerprint density at radius 1 is 1.25 bits per heavy atom. The summed E-state index contributed by atoms with van der Waals surface area (Å²) in [6, 6.07) is 9.89. The van der Waals surface area contributed by atoms with E-state index in [2.05, 4.69) is 19.2 Å². The van der Waals surface area contributed by atoms with Crippen LogP contribution in [-0.2, 0) is 6.54 Å². The van der Waals surface area contributed by atoms with E-state index in [1.807, 2.05) is 29.6 Å². The molecule has 0 aliphatic rings. The molecule has 0 spiro atoms. The highest BCUT2D eigenvalue weighted by molar-refractivity contribution is 7.13. The van der Waals surface area contributed by atoms with E-state index in [9.17, 15) is 4.39 Å². The molecule has 3 heteroatoms. The Kier molecular flexibility index (Phi) is 5.74. The second-order valence-corrected chi connectivity index (χ2v) is 6.01. The lowest BCUT2D eigenvalue weighted by atomic mass is 10.1. The van der Waals surface area contributed by atoms with E-state index >= 15 is 0 Å². The van der Waals surface area contributed by atoms with E-state index in [1.54, 1.807) is 17.4 Å². The quantitative estimate of drug-likeness (QED) is 0.737. The molecule has 0 bridgehead atoms. The first-order valence-corrected chi connectivity index (χ1v) is 8.18. The molecule has 0 fully saturated rings. The summed E-state index contributed by atoms with van der Waals surface area (Å²) in [5, 5.41) is 5.54. The molecule has 2 rings (SSSR count). The van der Waals surface area contributed by atoms with E-state index in [0.29, 0.717) is 11.6 Å².